The lowest BCUT2D eigenvalue weighted by Gasteiger charge is -2.15. The highest BCUT2D eigenvalue weighted by molar-refractivity contribution is 5.91. The highest BCUT2D eigenvalue weighted by Crippen LogP contribution is 2.13. The molecule has 1 aromatic rings. The van der Waals surface area contributed by atoms with E-state index >= 15 is 0 Å². The molecular formula is C18H22O2. The van der Waals surface area contributed by atoms with Crippen molar-refractivity contribution in [2.24, 2.45) is 5.92 Å². The molecule has 0 amide bonds. The molecule has 0 aliphatic heterocycles. The van der Waals surface area contributed by atoms with Crippen molar-refractivity contribution >= 4 is 5.97 Å². The van der Waals surface area contributed by atoms with E-state index in [-0.39, 0.29) is 12.1 Å². The van der Waals surface area contributed by atoms with Crippen LogP contribution in [0.5, 0.6) is 0 Å². The first-order valence-corrected chi connectivity index (χ1v) is 6.83. The lowest BCUT2D eigenvalue weighted by molar-refractivity contribution is 0.0376. The third-order valence-corrected chi connectivity index (χ3v) is 2.75. The molecule has 0 saturated carbocycles. The predicted octanol–water partition coefficient (Wildman–Crippen LogP) is 4.15. The molecule has 0 radical (unpaired) electrons. The molecule has 0 aromatic heterocycles. The fourth-order valence-corrected chi connectivity index (χ4v) is 1.76. The summed E-state index contributed by atoms with van der Waals surface area (Å²) in [5.74, 6) is 5.97. The smallest absolute Gasteiger partial charge is 0.339 e. The summed E-state index contributed by atoms with van der Waals surface area (Å²) in [5, 5.41) is 0. The molecule has 0 N–H and O–H groups in total. The summed E-state index contributed by atoms with van der Waals surface area (Å²) in [7, 11) is 0. The van der Waals surface area contributed by atoms with Crippen LogP contribution in [0.15, 0.2) is 36.4 Å². The van der Waals surface area contributed by atoms with Crippen molar-refractivity contribution in [3.63, 3.8) is 0 Å². The van der Waals surface area contributed by atoms with Crippen LogP contribution in [0.2, 0.25) is 0 Å². The van der Waals surface area contributed by atoms with Crippen LogP contribution in [0, 0.1) is 24.7 Å². The number of ether oxygens (including phenoxy) is 1. The van der Waals surface area contributed by atoms with Crippen LogP contribution in [0.1, 0.15) is 43.1 Å². The molecule has 1 rings (SSSR count). The number of allylic oxidation sites excluding steroid dienone is 1. The van der Waals surface area contributed by atoms with Gasteiger partial charge in [-0.3, -0.25) is 0 Å². The average Bonchev–Trinajstić information content (AvgIpc) is 2.35. The molecule has 20 heavy (non-hydrogen) atoms. The van der Waals surface area contributed by atoms with E-state index in [1.165, 1.54) is 0 Å². The van der Waals surface area contributed by atoms with Gasteiger partial charge in [-0.2, -0.15) is 0 Å². The maximum absolute atomic E-state index is 12.2. The predicted molar refractivity (Wildman–Crippen MR) is 82.4 cm³/mol. The molecule has 0 aliphatic carbocycles. The SMILES string of the molecule is C=C(C)C#CC(CC(C)C)OC(=O)c1ccccc1C. The Morgan fingerprint density at radius 2 is 2.00 bits per heavy atom. The van der Waals surface area contributed by atoms with E-state index in [1.807, 2.05) is 32.0 Å². The lowest BCUT2D eigenvalue weighted by Crippen LogP contribution is -2.19. The van der Waals surface area contributed by atoms with Gasteiger partial charge in [-0.15, -0.1) is 0 Å². The minimum atomic E-state index is -0.390. The second-order valence-corrected chi connectivity index (χ2v) is 5.39. The molecule has 1 atom stereocenters. The first-order chi connectivity index (χ1) is 9.40. The monoisotopic (exact) mass is 270 g/mol. The van der Waals surface area contributed by atoms with Gasteiger partial charge in [0.2, 0.25) is 0 Å². The minimum absolute atomic E-state index is 0.315. The first kappa shape index (κ1) is 16.0. The van der Waals surface area contributed by atoms with Crippen LogP contribution in [0.4, 0.5) is 0 Å². The van der Waals surface area contributed by atoms with Crippen molar-refractivity contribution < 1.29 is 9.53 Å². The minimum Gasteiger partial charge on any atom is -0.446 e. The number of hydrogen-bond donors (Lipinski definition) is 0. The van der Waals surface area contributed by atoms with Gasteiger partial charge in [0.25, 0.3) is 0 Å². The van der Waals surface area contributed by atoms with Crippen molar-refractivity contribution in [3.05, 3.63) is 47.5 Å². The Kier molecular flexibility index (Phi) is 6.06. The number of carbonyl (C=O) groups is 1. The number of rotatable bonds is 4. The van der Waals surface area contributed by atoms with Gasteiger partial charge in [-0.1, -0.05) is 50.5 Å². The molecule has 0 bridgehead atoms. The molecular weight excluding hydrogens is 248 g/mol. The van der Waals surface area contributed by atoms with E-state index in [9.17, 15) is 4.79 Å². The quantitative estimate of drug-likeness (QED) is 0.607. The van der Waals surface area contributed by atoms with Crippen molar-refractivity contribution in [2.45, 2.75) is 40.2 Å². The van der Waals surface area contributed by atoms with Crippen LogP contribution in [0.3, 0.4) is 0 Å². The van der Waals surface area contributed by atoms with Gasteiger partial charge in [-0.25, -0.2) is 4.79 Å². The van der Waals surface area contributed by atoms with E-state index < -0.39 is 0 Å². The second kappa shape index (κ2) is 7.55. The average molecular weight is 270 g/mol. The van der Waals surface area contributed by atoms with Crippen LogP contribution < -0.4 is 0 Å². The molecule has 0 saturated heterocycles. The molecule has 2 heteroatoms. The van der Waals surface area contributed by atoms with Crippen LogP contribution in [-0.4, -0.2) is 12.1 Å². The van der Waals surface area contributed by atoms with Crippen molar-refractivity contribution in [1.82, 2.24) is 0 Å². The standard InChI is InChI=1S/C18H22O2/c1-13(2)10-11-16(12-14(3)4)20-18(19)17-9-7-6-8-15(17)5/h6-9,14,16H,1,12H2,2-5H3. The van der Waals surface area contributed by atoms with Crippen molar-refractivity contribution in [3.8, 4) is 11.8 Å². The molecule has 106 valence electrons. The zero-order valence-electron chi connectivity index (χ0n) is 12.7. The topological polar surface area (TPSA) is 26.3 Å². The Labute approximate surface area is 121 Å². The van der Waals surface area contributed by atoms with E-state index in [1.54, 1.807) is 6.07 Å². The van der Waals surface area contributed by atoms with E-state index in [4.69, 9.17) is 4.74 Å². The normalized spacial score (nSPS) is 11.4. The van der Waals surface area contributed by atoms with Gasteiger partial charge >= 0.3 is 5.97 Å². The number of esters is 1. The van der Waals surface area contributed by atoms with E-state index in [0.717, 1.165) is 17.6 Å². The highest BCUT2D eigenvalue weighted by Gasteiger charge is 2.16. The fraction of sp³-hybridized carbons (Fsp3) is 0.389. The zero-order chi connectivity index (χ0) is 15.1. The van der Waals surface area contributed by atoms with E-state index in [2.05, 4.69) is 32.3 Å². The maximum atomic E-state index is 12.2. The number of benzene rings is 1. The highest BCUT2D eigenvalue weighted by atomic mass is 16.5. The molecule has 1 unspecified atom stereocenters. The number of hydrogen-bond acceptors (Lipinski definition) is 2. The Bertz CT molecular complexity index is 544. The van der Waals surface area contributed by atoms with Gasteiger partial charge in [0, 0.05) is 0 Å². The summed E-state index contributed by atoms with van der Waals surface area (Å²) >= 11 is 0. The third-order valence-electron chi connectivity index (χ3n) is 2.75. The Hall–Kier alpha value is -2.01. The molecule has 1 aromatic carbocycles. The van der Waals surface area contributed by atoms with Gasteiger partial charge in [0.15, 0.2) is 6.10 Å². The Balaban J connectivity index is 2.85. The Morgan fingerprint density at radius 3 is 2.55 bits per heavy atom. The summed E-state index contributed by atoms with van der Waals surface area (Å²) in [6, 6.07) is 7.41. The van der Waals surface area contributed by atoms with Crippen molar-refractivity contribution in [1.29, 1.82) is 0 Å². The van der Waals surface area contributed by atoms with Gasteiger partial charge < -0.3 is 4.74 Å². The number of carbonyl (C=O) groups excluding carboxylic acids is 1. The lowest BCUT2D eigenvalue weighted by atomic mass is 10.1. The zero-order valence-corrected chi connectivity index (χ0v) is 12.7. The van der Waals surface area contributed by atoms with Crippen LogP contribution in [-0.2, 0) is 4.74 Å². The first-order valence-electron chi connectivity index (χ1n) is 6.83. The third kappa shape index (κ3) is 5.32. The van der Waals surface area contributed by atoms with Crippen LogP contribution >= 0.6 is 0 Å². The van der Waals surface area contributed by atoms with Crippen LogP contribution in [0.25, 0.3) is 0 Å². The molecule has 0 spiro atoms. The molecule has 0 heterocycles. The number of aryl methyl sites for hydroxylation is 1. The van der Waals surface area contributed by atoms with E-state index in [0.29, 0.717) is 11.5 Å². The van der Waals surface area contributed by atoms with Gasteiger partial charge in [0.05, 0.1) is 5.56 Å². The maximum Gasteiger partial charge on any atom is 0.339 e. The molecule has 0 fully saturated rings. The second-order valence-electron chi connectivity index (χ2n) is 5.39. The molecule has 0 aliphatic rings. The largest absolute Gasteiger partial charge is 0.446 e. The van der Waals surface area contributed by atoms with Crippen molar-refractivity contribution in [2.75, 3.05) is 0 Å². The fourth-order valence-electron chi connectivity index (χ4n) is 1.76. The molecule has 2 nitrogen and oxygen atoms in total. The Morgan fingerprint density at radius 1 is 1.35 bits per heavy atom. The summed E-state index contributed by atoms with van der Waals surface area (Å²) < 4.78 is 5.52. The van der Waals surface area contributed by atoms with Gasteiger partial charge in [-0.05, 0) is 43.4 Å². The summed E-state index contributed by atoms with van der Waals surface area (Å²) in [6.07, 6.45) is 0.330. The summed E-state index contributed by atoms with van der Waals surface area (Å²) in [5.41, 5.74) is 2.28. The summed E-state index contributed by atoms with van der Waals surface area (Å²) in [4.78, 5) is 12.2. The summed E-state index contributed by atoms with van der Waals surface area (Å²) in [6.45, 7) is 11.6. The van der Waals surface area contributed by atoms with Gasteiger partial charge in [0.1, 0.15) is 0 Å².